The van der Waals surface area contributed by atoms with Crippen LogP contribution in [0.15, 0.2) is 48.5 Å². The summed E-state index contributed by atoms with van der Waals surface area (Å²) in [4.78, 5) is 25.2. The number of nitrogen functional groups attached to an aromatic ring is 1. The SMILES string of the molecule is CC(=O)O.N=C(N)c1ccc(N2CC(COc3ccccc3N3CCCCC3)OC2=O)cc1. The fourth-order valence-electron chi connectivity index (χ4n) is 3.80. The van der Waals surface area contributed by atoms with E-state index in [1.165, 1.54) is 19.3 Å². The van der Waals surface area contributed by atoms with Crippen molar-refractivity contribution in [1.29, 1.82) is 5.41 Å². The Morgan fingerprint density at radius 2 is 1.79 bits per heavy atom. The van der Waals surface area contributed by atoms with Crippen LogP contribution in [0.2, 0.25) is 0 Å². The van der Waals surface area contributed by atoms with Crippen LogP contribution in [0.5, 0.6) is 5.75 Å². The van der Waals surface area contributed by atoms with E-state index in [-0.39, 0.29) is 11.9 Å². The molecule has 2 aromatic carbocycles. The van der Waals surface area contributed by atoms with Gasteiger partial charge in [-0.2, -0.15) is 0 Å². The lowest BCUT2D eigenvalue weighted by atomic mass is 10.1. The van der Waals surface area contributed by atoms with E-state index in [4.69, 9.17) is 30.5 Å². The lowest BCUT2D eigenvalue weighted by Crippen LogP contribution is -2.30. The molecule has 2 fully saturated rings. The van der Waals surface area contributed by atoms with Gasteiger partial charge in [0.05, 0.1) is 12.2 Å². The predicted octanol–water partition coefficient (Wildman–Crippen LogP) is 3.46. The number of aliphatic carboxylic acids is 1. The first-order valence-corrected chi connectivity index (χ1v) is 10.9. The van der Waals surface area contributed by atoms with Crippen molar-refractivity contribution in [1.82, 2.24) is 0 Å². The van der Waals surface area contributed by atoms with Crippen LogP contribution < -0.4 is 20.3 Å². The van der Waals surface area contributed by atoms with Crippen LogP contribution >= 0.6 is 0 Å². The van der Waals surface area contributed by atoms with Gasteiger partial charge in [-0.1, -0.05) is 12.1 Å². The molecule has 2 aliphatic heterocycles. The van der Waals surface area contributed by atoms with Gasteiger partial charge in [0.1, 0.15) is 18.2 Å². The number of piperidine rings is 1. The number of cyclic esters (lactones) is 1. The summed E-state index contributed by atoms with van der Waals surface area (Å²) >= 11 is 0. The number of ether oxygens (including phenoxy) is 2. The number of amides is 1. The maximum Gasteiger partial charge on any atom is 0.414 e. The summed E-state index contributed by atoms with van der Waals surface area (Å²) in [7, 11) is 0. The van der Waals surface area contributed by atoms with Crippen molar-refractivity contribution in [3.63, 3.8) is 0 Å². The molecular weight excluding hydrogens is 424 g/mol. The van der Waals surface area contributed by atoms with E-state index < -0.39 is 12.1 Å². The number of carboxylic acid groups (broad SMARTS) is 1. The monoisotopic (exact) mass is 454 g/mol. The number of carbonyl (C=O) groups excluding carboxylic acids is 1. The maximum absolute atomic E-state index is 12.3. The molecule has 0 saturated carbocycles. The molecule has 1 atom stereocenters. The molecule has 2 aromatic rings. The molecule has 0 bridgehead atoms. The number of benzene rings is 2. The highest BCUT2D eigenvalue weighted by molar-refractivity contribution is 5.96. The molecule has 2 aliphatic rings. The average Bonchev–Trinajstić information content (AvgIpc) is 3.18. The number of carbonyl (C=O) groups is 2. The Labute approximate surface area is 193 Å². The topological polar surface area (TPSA) is 129 Å². The molecule has 0 spiro atoms. The van der Waals surface area contributed by atoms with Crippen LogP contribution in [0.25, 0.3) is 0 Å². The van der Waals surface area contributed by atoms with Crippen LogP contribution in [0, 0.1) is 5.41 Å². The van der Waals surface area contributed by atoms with E-state index in [2.05, 4.69) is 11.0 Å². The van der Waals surface area contributed by atoms with Crippen LogP contribution in [0.3, 0.4) is 0 Å². The van der Waals surface area contributed by atoms with Crippen LogP contribution in [0.4, 0.5) is 16.2 Å². The minimum absolute atomic E-state index is 0.000745. The molecule has 1 amide bonds. The van der Waals surface area contributed by atoms with Crippen molar-refractivity contribution in [2.24, 2.45) is 5.73 Å². The summed E-state index contributed by atoms with van der Waals surface area (Å²) in [6, 6.07) is 15.0. The molecular formula is C24H30N4O5. The van der Waals surface area contributed by atoms with Gasteiger partial charge < -0.3 is 25.2 Å². The van der Waals surface area contributed by atoms with Crippen molar-refractivity contribution in [2.75, 3.05) is 36.0 Å². The first-order chi connectivity index (χ1) is 15.8. The van der Waals surface area contributed by atoms with Gasteiger partial charge in [-0.25, -0.2) is 4.79 Å². The second-order valence-electron chi connectivity index (χ2n) is 7.92. The minimum Gasteiger partial charge on any atom is -0.487 e. The standard InChI is InChI=1S/C22H26N4O3.C2H4O2/c23-21(24)16-8-10-17(11-9-16)26-14-18(29-22(26)27)15-28-20-7-3-2-6-19(20)25-12-4-1-5-13-25;1-2(3)4/h2-3,6-11,18H,1,4-5,12-15H2,(H3,23,24);1H3,(H,3,4). The maximum atomic E-state index is 12.3. The van der Waals surface area contributed by atoms with Crippen molar-refractivity contribution in [2.45, 2.75) is 32.3 Å². The summed E-state index contributed by atoms with van der Waals surface area (Å²) in [5, 5.41) is 14.9. The number of para-hydroxylation sites is 2. The first kappa shape index (κ1) is 23.9. The Bertz CT molecular complexity index is 969. The van der Waals surface area contributed by atoms with E-state index >= 15 is 0 Å². The third kappa shape index (κ3) is 6.61. The van der Waals surface area contributed by atoms with Gasteiger partial charge in [0.25, 0.3) is 5.97 Å². The average molecular weight is 455 g/mol. The molecule has 0 aliphatic carbocycles. The summed E-state index contributed by atoms with van der Waals surface area (Å²) in [6.07, 6.45) is 2.95. The number of nitrogens with one attached hydrogen (secondary N) is 1. The normalized spacial score (nSPS) is 17.6. The molecule has 2 heterocycles. The molecule has 9 nitrogen and oxygen atoms in total. The molecule has 2 saturated heterocycles. The Hall–Kier alpha value is -3.75. The number of rotatable bonds is 6. The number of nitrogens with zero attached hydrogens (tertiary/aromatic N) is 2. The second kappa shape index (κ2) is 11.2. The van der Waals surface area contributed by atoms with E-state index in [0.29, 0.717) is 18.7 Å². The summed E-state index contributed by atoms with van der Waals surface area (Å²) < 4.78 is 11.6. The van der Waals surface area contributed by atoms with Crippen LogP contribution in [-0.2, 0) is 9.53 Å². The highest BCUT2D eigenvalue weighted by atomic mass is 16.6. The third-order valence-electron chi connectivity index (χ3n) is 5.35. The van der Waals surface area contributed by atoms with Gasteiger partial charge >= 0.3 is 6.09 Å². The molecule has 176 valence electrons. The number of nitrogens with two attached hydrogens (primary N) is 1. The van der Waals surface area contributed by atoms with E-state index in [1.54, 1.807) is 29.2 Å². The molecule has 33 heavy (non-hydrogen) atoms. The fourth-order valence-corrected chi connectivity index (χ4v) is 3.80. The molecule has 4 N–H and O–H groups in total. The number of amidine groups is 1. The Morgan fingerprint density at radius 1 is 1.15 bits per heavy atom. The van der Waals surface area contributed by atoms with E-state index in [9.17, 15) is 4.79 Å². The van der Waals surface area contributed by atoms with Crippen molar-refractivity contribution in [3.8, 4) is 5.75 Å². The Balaban J connectivity index is 0.000000709. The highest BCUT2D eigenvalue weighted by Crippen LogP contribution is 2.31. The quantitative estimate of drug-likeness (QED) is 0.450. The molecule has 1 unspecified atom stereocenters. The van der Waals surface area contributed by atoms with E-state index in [0.717, 1.165) is 37.1 Å². The van der Waals surface area contributed by atoms with Crippen LogP contribution in [0.1, 0.15) is 31.7 Å². The van der Waals surface area contributed by atoms with Crippen molar-refractivity contribution < 1.29 is 24.2 Å². The molecule has 0 radical (unpaired) electrons. The van der Waals surface area contributed by atoms with Crippen molar-refractivity contribution in [3.05, 3.63) is 54.1 Å². The largest absolute Gasteiger partial charge is 0.487 e. The number of carboxylic acids is 1. The van der Waals surface area contributed by atoms with Gasteiger partial charge in [-0.3, -0.25) is 15.1 Å². The van der Waals surface area contributed by atoms with Gasteiger partial charge in [-0.05, 0) is 55.7 Å². The first-order valence-electron chi connectivity index (χ1n) is 10.9. The Morgan fingerprint density at radius 3 is 2.42 bits per heavy atom. The number of hydrogen-bond acceptors (Lipinski definition) is 6. The predicted molar refractivity (Wildman–Crippen MR) is 126 cm³/mol. The third-order valence-corrected chi connectivity index (χ3v) is 5.35. The smallest absolute Gasteiger partial charge is 0.414 e. The van der Waals surface area contributed by atoms with Crippen LogP contribution in [-0.4, -0.2) is 55.3 Å². The van der Waals surface area contributed by atoms with Gasteiger partial charge in [0.2, 0.25) is 0 Å². The van der Waals surface area contributed by atoms with Crippen molar-refractivity contribution >= 4 is 29.3 Å². The lowest BCUT2D eigenvalue weighted by molar-refractivity contribution is -0.134. The molecule has 4 rings (SSSR count). The number of hydrogen-bond donors (Lipinski definition) is 3. The molecule has 0 aromatic heterocycles. The lowest BCUT2D eigenvalue weighted by Gasteiger charge is -2.30. The zero-order valence-electron chi connectivity index (χ0n) is 18.7. The molecule has 9 heteroatoms. The van der Waals surface area contributed by atoms with E-state index in [1.807, 2.05) is 18.2 Å². The highest BCUT2D eigenvalue weighted by Gasteiger charge is 2.33. The zero-order chi connectivity index (χ0) is 23.8. The summed E-state index contributed by atoms with van der Waals surface area (Å²) in [5.41, 5.74) is 7.93. The zero-order valence-corrected chi connectivity index (χ0v) is 18.7. The van der Waals surface area contributed by atoms with Gasteiger partial charge in [0.15, 0.2) is 6.10 Å². The summed E-state index contributed by atoms with van der Waals surface area (Å²) in [6.45, 7) is 3.90. The summed E-state index contributed by atoms with van der Waals surface area (Å²) in [5.74, 6) is -0.00564. The minimum atomic E-state index is -0.833. The number of anilines is 2. The second-order valence-corrected chi connectivity index (χ2v) is 7.92. The fraction of sp³-hybridized carbons (Fsp3) is 0.375. The Kier molecular flexibility index (Phi) is 8.12. The van der Waals surface area contributed by atoms with Gasteiger partial charge in [-0.15, -0.1) is 0 Å². The van der Waals surface area contributed by atoms with Gasteiger partial charge in [0, 0.05) is 31.3 Å².